The van der Waals surface area contributed by atoms with Crippen molar-refractivity contribution in [1.82, 2.24) is 5.32 Å². The van der Waals surface area contributed by atoms with Gasteiger partial charge in [0.1, 0.15) is 4.99 Å². The maximum Gasteiger partial charge on any atom is 0.251 e. The number of amides is 1. The Morgan fingerprint density at radius 2 is 2.17 bits per heavy atom. The van der Waals surface area contributed by atoms with Crippen LogP contribution in [0.2, 0.25) is 0 Å². The van der Waals surface area contributed by atoms with E-state index < -0.39 is 0 Å². The van der Waals surface area contributed by atoms with E-state index in [-0.39, 0.29) is 16.9 Å². The molecule has 0 saturated heterocycles. The van der Waals surface area contributed by atoms with Crippen LogP contribution in [0.3, 0.4) is 0 Å². The molecule has 0 heterocycles. The highest BCUT2D eigenvalue weighted by atomic mass is 32.1. The number of nitrogens with one attached hydrogen (secondary N) is 1. The zero-order valence-electron chi connectivity index (χ0n) is 10.6. The van der Waals surface area contributed by atoms with Crippen LogP contribution in [0, 0.1) is 0 Å². The quantitative estimate of drug-likeness (QED) is 0.765. The second kappa shape index (κ2) is 7.08. The van der Waals surface area contributed by atoms with Gasteiger partial charge < -0.3 is 15.8 Å². The molecule has 0 bridgehead atoms. The van der Waals surface area contributed by atoms with E-state index in [9.17, 15) is 4.79 Å². The number of thiocarbonyl (C=S) groups is 1. The Hall–Kier alpha value is -1.46. The van der Waals surface area contributed by atoms with Gasteiger partial charge in [0.15, 0.2) is 0 Å². The molecule has 1 atom stereocenters. The standard InChI is InChI=1S/C13H18N2O2S/c1-3-17-8-9(2)15-13(16)11-6-4-5-10(7-11)12(14)18/h4-7,9H,3,8H2,1-2H3,(H2,14,18)(H,15,16). The van der Waals surface area contributed by atoms with Gasteiger partial charge in [-0.2, -0.15) is 0 Å². The lowest BCUT2D eigenvalue weighted by Crippen LogP contribution is -2.36. The van der Waals surface area contributed by atoms with E-state index in [1.807, 2.05) is 13.8 Å². The van der Waals surface area contributed by atoms with Crippen LogP contribution in [0.4, 0.5) is 0 Å². The predicted molar refractivity (Wildman–Crippen MR) is 75.8 cm³/mol. The highest BCUT2D eigenvalue weighted by Gasteiger charge is 2.10. The third-order valence-electron chi connectivity index (χ3n) is 2.36. The van der Waals surface area contributed by atoms with Crippen LogP contribution in [0.15, 0.2) is 24.3 Å². The van der Waals surface area contributed by atoms with Crippen LogP contribution in [-0.4, -0.2) is 30.2 Å². The highest BCUT2D eigenvalue weighted by Crippen LogP contribution is 2.05. The molecule has 0 aliphatic carbocycles. The maximum atomic E-state index is 11.9. The molecule has 0 radical (unpaired) electrons. The fourth-order valence-corrected chi connectivity index (χ4v) is 1.58. The van der Waals surface area contributed by atoms with Gasteiger partial charge >= 0.3 is 0 Å². The Kier molecular flexibility index (Phi) is 5.74. The van der Waals surface area contributed by atoms with Crippen LogP contribution in [0.25, 0.3) is 0 Å². The minimum Gasteiger partial charge on any atom is -0.389 e. The molecule has 1 aromatic carbocycles. The second-order valence-corrected chi connectivity index (χ2v) is 4.42. The van der Waals surface area contributed by atoms with Crippen molar-refractivity contribution in [1.29, 1.82) is 0 Å². The van der Waals surface area contributed by atoms with E-state index in [0.717, 1.165) is 0 Å². The molecule has 3 N–H and O–H groups in total. The third kappa shape index (κ3) is 4.43. The zero-order chi connectivity index (χ0) is 13.5. The second-order valence-electron chi connectivity index (χ2n) is 3.98. The van der Waals surface area contributed by atoms with Crippen LogP contribution in [0.5, 0.6) is 0 Å². The third-order valence-corrected chi connectivity index (χ3v) is 2.59. The van der Waals surface area contributed by atoms with Crippen LogP contribution < -0.4 is 11.1 Å². The molecule has 1 amide bonds. The predicted octanol–water partition coefficient (Wildman–Crippen LogP) is 1.48. The van der Waals surface area contributed by atoms with Crippen molar-refractivity contribution in [3.8, 4) is 0 Å². The first kappa shape index (κ1) is 14.6. The number of rotatable bonds is 6. The summed E-state index contributed by atoms with van der Waals surface area (Å²) in [4.78, 5) is 12.2. The number of hydrogen-bond donors (Lipinski definition) is 2. The van der Waals surface area contributed by atoms with Gasteiger partial charge in [-0.05, 0) is 26.0 Å². The molecule has 0 fully saturated rings. The van der Waals surface area contributed by atoms with Gasteiger partial charge in [0.05, 0.1) is 6.61 Å². The number of hydrogen-bond acceptors (Lipinski definition) is 3. The summed E-state index contributed by atoms with van der Waals surface area (Å²) < 4.78 is 5.24. The molecule has 5 heteroatoms. The van der Waals surface area contributed by atoms with E-state index in [1.165, 1.54) is 0 Å². The molecule has 1 rings (SSSR count). The van der Waals surface area contributed by atoms with Gasteiger partial charge in [0.2, 0.25) is 0 Å². The van der Waals surface area contributed by atoms with Crippen molar-refractivity contribution < 1.29 is 9.53 Å². The number of carbonyl (C=O) groups excluding carboxylic acids is 1. The molecule has 98 valence electrons. The lowest BCUT2D eigenvalue weighted by Gasteiger charge is -2.13. The first-order valence-electron chi connectivity index (χ1n) is 5.83. The Balaban J connectivity index is 2.66. The average Bonchev–Trinajstić information content (AvgIpc) is 2.36. The fourth-order valence-electron chi connectivity index (χ4n) is 1.46. The van der Waals surface area contributed by atoms with Crippen molar-refractivity contribution in [3.63, 3.8) is 0 Å². The summed E-state index contributed by atoms with van der Waals surface area (Å²) in [6, 6.07) is 6.92. The fraction of sp³-hybridized carbons (Fsp3) is 0.385. The van der Waals surface area contributed by atoms with Gasteiger partial charge in [-0.25, -0.2) is 0 Å². The molecule has 0 spiro atoms. The first-order chi connectivity index (χ1) is 8.54. The molecule has 0 aliphatic heterocycles. The maximum absolute atomic E-state index is 11.9. The summed E-state index contributed by atoms with van der Waals surface area (Å²) in [7, 11) is 0. The van der Waals surface area contributed by atoms with E-state index >= 15 is 0 Å². The van der Waals surface area contributed by atoms with Gasteiger partial charge in [0, 0.05) is 23.8 Å². The lowest BCUT2D eigenvalue weighted by atomic mass is 10.1. The number of benzene rings is 1. The Morgan fingerprint density at radius 3 is 2.78 bits per heavy atom. The lowest BCUT2D eigenvalue weighted by molar-refractivity contribution is 0.0872. The van der Waals surface area contributed by atoms with Gasteiger partial charge in [-0.1, -0.05) is 24.4 Å². The Labute approximate surface area is 113 Å². The molecule has 0 aromatic heterocycles. The van der Waals surface area contributed by atoms with Gasteiger partial charge in [-0.3, -0.25) is 4.79 Å². The van der Waals surface area contributed by atoms with E-state index in [0.29, 0.717) is 24.3 Å². The summed E-state index contributed by atoms with van der Waals surface area (Å²) >= 11 is 4.88. The number of carbonyl (C=O) groups is 1. The molecule has 4 nitrogen and oxygen atoms in total. The van der Waals surface area contributed by atoms with Gasteiger partial charge in [-0.15, -0.1) is 0 Å². The van der Waals surface area contributed by atoms with E-state index in [4.69, 9.17) is 22.7 Å². The normalized spacial score (nSPS) is 11.9. The van der Waals surface area contributed by atoms with Crippen molar-refractivity contribution >= 4 is 23.1 Å². The molecule has 18 heavy (non-hydrogen) atoms. The minimum absolute atomic E-state index is 0.0362. The molecule has 1 aromatic rings. The summed E-state index contributed by atoms with van der Waals surface area (Å²) in [5, 5.41) is 2.85. The summed E-state index contributed by atoms with van der Waals surface area (Å²) in [6.45, 7) is 4.94. The van der Waals surface area contributed by atoms with Crippen molar-refractivity contribution in [3.05, 3.63) is 35.4 Å². The van der Waals surface area contributed by atoms with Crippen LogP contribution >= 0.6 is 12.2 Å². The number of ether oxygens (including phenoxy) is 1. The van der Waals surface area contributed by atoms with Gasteiger partial charge in [0.25, 0.3) is 5.91 Å². The molecule has 0 saturated carbocycles. The Bertz CT molecular complexity index is 435. The average molecular weight is 266 g/mol. The Morgan fingerprint density at radius 1 is 1.50 bits per heavy atom. The zero-order valence-corrected chi connectivity index (χ0v) is 11.4. The van der Waals surface area contributed by atoms with Crippen molar-refractivity contribution in [2.75, 3.05) is 13.2 Å². The highest BCUT2D eigenvalue weighted by molar-refractivity contribution is 7.80. The minimum atomic E-state index is -0.152. The van der Waals surface area contributed by atoms with Crippen LogP contribution in [0.1, 0.15) is 29.8 Å². The molecule has 0 aliphatic rings. The summed E-state index contributed by atoms with van der Waals surface area (Å²) in [5.74, 6) is -0.152. The van der Waals surface area contributed by atoms with Crippen molar-refractivity contribution in [2.24, 2.45) is 5.73 Å². The largest absolute Gasteiger partial charge is 0.389 e. The molecular formula is C13H18N2O2S. The van der Waals surface area contributed by atoms with Crippen molar-refractivity contribution in [2.45, 2.75) is 19.9 Å². The molecule has 1 unspecified atom stereocenters. The van der Waals surface area contributed by atoms with E-state index in [1.54, 1.807) is 24.3 Å². The monoisotopic (exact) mass is 266 g/mol. The van der Waals surface area contributed by atoms with E-state index in [2.05, 4.69) is 5.32 Å². The smallest absolute Gasteiger partial charge is 0.251 e. The first-order valence-corrected chi connectivity index (χ1v) is 6.24. The van der Waals surface area contributed by atoms with Crippen LogP contribution in [-0.2, 0) is 4.74 Å². The number of nitrogens with two attached hydrogens (primary N) is 1. The topological polar surface area (TPSA) is 64.3 Å². The SMILES string of the molecule is CCOCC(C)NC(=O)c1cccc(C(N)=S)c1. The summed E-state index contributed by atoms with van der Waals surface area (Å²) in [6.07, 6.45) is 0. The molecular weight excluding hydrogens is 248 g/mol. The summed E-state index contributed by atoms with van der Waals surface area (Å²) in [5.41, 5.74) is 6.76.